The summed E-state index contributed by atoms with van der Waals surface area (Å²) in [7, 11) is 0. The number of imide groups is 2. The molecule has 312 valence electrons. The summed E-state index contributed by atoms with van der Waals surface area (Å²) in [6.45, 7) is 4.69. The fraction of sp³-hybridized carbons (Fsp3) is 0.488. The second-order valence-electron chi connectivity index (χ2n) is 17.0. The molecule has 0 radical (unpaired) electrons. The van der Waals surface area contributed by atoms with Gasteiger partial charge >= 0.3 is 0 Å². The normalized spacial score (nSPS) is 26.3. The number of likely N-dealkylation sites (tertiary alicyclic amines) is 2. The molecule has 9 rings (SSSR count). The maximum absolute atomic E-state index is 16.0. The highest BCUT2D eigenvalue weighted by Gasteiger charge is 2.50. The molecule has 1 saturated carbocycles. The first kappa shape index (κ1) is 39.8. The van der Waals surface area contributed by atoms with Crippen molar-refractivity contribution in [1.82, 2.24) is 24.7 Å². The van der Waals surface area contributed by atoms with Crippen molar-refractivity contribution in [2.75, 3.05) is 49.1 Å². The maximum Gasteiger partial charge on any atom is 0.268 e. The lowest BCUT2D eigenvalue weighted by Gasteiger charge is -2.41. The van der Waals surface area contributed by atoms with Crippen molar-refractivity contribution in [3.8, 4) is 11.8 Å². The molecule has 4 saturated heterocycles. The van der Waals surface area contributed by atoms with Gasteiger partial charge in [-0.15, -0.1) is 0 Å². The highest BCUT2D eigenvalue weighted by Crippen LogP contribution is 2.44. The van der Waals surface area contributed by atoms with Crippen LogP contribution in [0.2, 0.25) is 5.02 Å². The van der Waals surface area contributed by atoms with E-state index in [1.807, 2.05) is 11.0 Å². The van der Waals surface area contributed by atoms with Crippen LogP contribution in [0.1, 0.15) is 101 Å². The highest BCUT2D eigenvalue weighted by molar-refractivity contribution is 6.31. The predicted molar refractivity (Wildman–Crippen MR) is 216 cm³/mol. The van der Waals surface area contributed by atoms with Crippen molar-refractivity contribution >= 4 is 52.6 Å². The van der Waals surface area contributed by atoms with Gasteiger partial charge in [-0.3, -0.25) is 38.7 Å². The van der Waals surface area contributed by atoms with Crippen LogP contribution < -0.4 is 20.3 Å². The molecule has 5 amide bonds. The molecule has 60 heavy (non-hydrogen) atoms. The van der Waals surface area contributed by atoms with Crippen molar-refractivity contribution in [3.05, 3.63) is 75.9 Å². The molecule has 1 aliphatic carbocycles. The molecular formula is C43H45ClFN9O6. The third kappa shape index (κ3) is 7.21. The highest BCUT2D eigenvalue weighted by atomic mass is 35.5. The molecule has 6 aliphatic rings. The Labute approximate surface area is 351 Å². The predicted octanol–water partition coefficient (Wildman–Crippen LogP) is 4.31. The number of amides is 5. The smallest absolute Gasteiger partial charge is 0.268 e. The van der Waals surface area contributed by atoms with E-state index in [9.17, 15) is 24.0 Å². The van der Waals surface area contributed by atoms with Crippen LogP contribution >= 0.6 is 11.6 Å². The zero-order valence-electron chi connectivity index (χ0n) is 33.0. The molecule has 0 bridgehead atoms. The molecular weight excluding hydrogens is 793 g/mol. The molecule has 5 aliphatic heterocycles. The third-order valence-corrected chi connectivity index (χ3v) is 13.8. The summed E-state index contributed by atoms with van der Waals surface area (Å²) in [4.78, 5) is 83.9. The molecule has 0 unspecified atom stereocenters. The largest absolute Gasteiger partial charge is 0.490 e. The molecule has 17 heteroatoms. The quantitative estimate of drug-likeness (QED) is 0.318. The van der Waals surface area contributed by atoms with Crippen LogP contribution in [0.5, 0.6) is 5.75 Å². The molecule has 6 heterocycles. The number of piperidine rings is 2. The SMILES string of the molecule is N#Cc1ccc(OC2CCC(N3C(=O)CC[C@@H](N4C(=O)c5cc(F)c(N6CC[C@@]7(CCN(C8CCN(c9cnc(C(N)=O)cn9)CC8)C7)C6)cc5C4=O)C3=O)CC2)cc1Cl. The van der Waals surface area contributed by atoms with E-state index in [0.717, 1.165) is 68.6 Å². The number of hydrogen-bond donors (Lipinski definition) is 1. The van der Waals surface area contributed by atoms with Crippen LogP contribution in [0, 0.1) is 22.6 Å². The molecule has 1 spiro atoms. The van der Waals surface area contributed by atoms with Crippen LogP contribution in [0.3, 0.4) is 0 Å². The van der Waals surface area contributed by atoms with Crippen molar-refractivity contribution < 1.29 is 33.1 Å². The summed E-state index contributed by atoms with van der Waals surface area (Å²) in [5, 5.41) is 9.45. The van der Waals surface area contributed by atoms with Gasteiger partial charge in [-0.05, 0) is 88.6 Å². The Morgan fingerprint density at radius 1 is 0.850 bits per heavy atom. The lowest BCUT2D eigenvalue weighted by molar-refractivity contribution is -0.155. The van der Waals surface area contributed by atoms with E-state index < -0.39 is 41.5 Å². The summed E-state index contributed by atoms with van der Waals surface area (Å²) >= 11 is 6.17. The Kier molecular flexibility index (Phi) is 10.4. The number of benzene rings is 2. The number of carbonyl (C=O) groups is 5. The Hall–Kier alpha value is -5.66. The maximum atomic E-state index is 16.0. The molecule has 2 aromatic carbocycles. The fourth-order valence-electron chi connectivity index (χ4n) is 10.3. The van der Waals surface area contributed by atoms with Gasteiger partial charge in [0.15, 0.2) is 0 Å². The number of fused-ring (bicyclic) bond motifs is 1. The van der Waals surface area contributed by atoms with Crippen molar-refractivity contribution in [1.29, 1.82) is 5.26 Å². The second kappa shape index (κ2) is 15.7. The zero-order valence-corrected chi connectivity index (χ0v) is 33.8. The van der Waals surface area contributed by atoms with E-state index in [0.29, 0.717) is 61.2 Å². The first-order valence-corrected chi connectivity index (χ1v) is 21.1. The van der Waals surface area contributed by atoms with Gasteiger partial charge in [0.05, 0.1) is 45.9 Å². The molecule has 2 atom stereocenters. The Morgan fingerprint density at radius 3 is 2.27 bits per heavy atom. The topological polar surface area (TPSA) is 186 Å². The number of nitrogens with zero attached hydrogens (tertiary/aromatic N) is 8. The summed E-state index contributed by atoms with van der Waals surface area (Å²) in [6, 6.07) is 8.32. The second-order valence-corrected chi connectivity index (χ2v) is 17.4. The summed E-state index contributed by atoms with van der Waals surface area (Å²) in [6.07, 6.45) is 8.65. The van der Waals surface area contributed by atoms with Crippen LogP contribution in [0.25, 0.3) is 0 Å². The van der Waals surface area contributed by atoms with E-state index in [4.69, 9.17) is 27.3 Å². The minimum absolute atomic E-state index is 0.00350. The number of halogens is 2. The minimum Gasteiger partial charge on any atom is -0.490 e. The van der Waals surface area contributed by atoms with Gasteiger partial charge in [0.2, 0.25) is 5.91 Å². The third-order valence-electron chi connectivity index (χ3n) is 13.5. The number of anilines is 2. The summed E-state index contributed by atoms with van der Waals surface area (Å²) in [5.41, 5.74) is 6.04. The Balaban J connectivity index is 0.818. The first-order valence-electron chi connectivity index (χ1n) is 20.7. The number of hydrogen-bond acceptors (Lipinski definition) is 12. The van der Waals surface area contributed by atoms with Crippen molar-refractivity contribution in [2.45, 2.75) is 88.4 Å². The van der Waals surface area contributed by atoms with Gasteiger partial charge in [-0.1, -0.05) is 11.6 Å². The van der Waals surface area contributed by atoms with Crippen LogP contribution in [0.4, 0.5) is 15.9 Å². The van der Waals surface area contributed by atoms with Gasteiger partial charge in [0.25, 0.3) is 23.6 Å². The zero-order chi connectivity index (χ0) is 41.9. The van der Waals surface area contributed by atoms with Gasteiger partial charge in [0.1, 0.15) is 35.2 Å². The van der Waals surface area contributed by atoms with Gasteiger partial charge < -0.3 is 20.3 Å². The number of nitrogens with two attached hydrogens (primary N) is 1. The van der Waals surface area contributed by atoms with E-state index >= 15 is 4.39 Å². The lowest BCUT2D eigenvalue weighted by Crippen LogP contribution is -2.59. The fourth-order valence-corrected chi connectivity index (χ4v) is 10.5. The Morgan fingerprint density at radius 2 is 1.58 bits per heavy atom. The van der Waals surface area contributed by atoms with Gasteiger partial charge in [-0.2, -0.15) is 5.26 Å². The van der Waals surface area contributed by atoms with Crippen LogP contribution in [-0.4, -0.2) is 118 Å². The van der Waals surface area contributed by atoms with E-state index in [-0.39, 0.29) is 52.8 Å². The van der Waals surface area contributed by atoms with E-state index in [1.54, 1.807) is 24.4 Å². The van der Waals surface area contributed by atoms with Crippen molar-refractivity contribution in [2.24, 2.45) is 11.1 Å². The number of rotatable bonds is 8. The average molecular weight is 838 g/mol. The molecule has 5 fully saturated rings. The minimum atomic E-state index is -1.17. The van der Waals surface area contributed by atoms with Crippen molar-refractivity contribution in [3.63, 3.8) is 0 Å². The van der Waals surface area contributed by atoms with Gasteiger partial charge in [0, 0.05) is 62.7 Å². The number of nitriles is 1. The van der Waals surface area contributed by atoms with E-state index in [2.05, 4.69) is 19.8 Å². The average Bonchev–Trinajstić information content (AvgIpc) is 3.93. The molecule has 15 nitrogen and oxygen atoms in total. The lowest BCUT2D eigenvalue weighted by atomic mass is 9.86. The van der Waals surface area contributed by atoms with Crippen LogP contribution in [0.15, 0.2) is 42.7 Å². The molecule has 1 aromatic heterocycles. The van der Waals surface area contributed by atoms with E-state index in [1.165, 1.54) is 17.2 Å². The summed E-state index contributed by atoms with van der Waals surface area (Å²) < 4.78 is 22.1. The van der Waals surface area contributed by atoms with Crippen LogP contribution in [-0.2, 0) is 9.59 Å². The summed E-state index contributed by atoms with van der Waals surface area (Å²) in [5.74, 6) is -2.25. The monoisotopic (exact) mass is 837 g/mol. The number of carbonyl (C=O) groups excluding carboxylic acids is 5. The molecule has 2 N–H and O–H groups in total. The van der Waals surface area contributed by atoms with Gasteiger partial charge in [-0.25, -0.2) is 14.4 Å². The molecule has 3 aromatic rings. The number of ether oxygens (including phenoxy) is 1. The number of aromatic nitrogens is 2. The Bertz CT molecular complexity index is 2310. The number of primary amides is 1. The first-order chi connectivity index (χ1) is 28.9. The standard InChI is InChI=1S/C43H45ClFN9O6/c44-32-17-29(4-1-25(32)20-46)60-28-5-2-27(3-6-28)53-38(55)8-7-35(42(53)59)54-40(57)30-18-33(45)36(19-31(30)41(54)58)52-16-12-43(24-52)11-15-51(23-43)26-9-13-50(14-10-26)37-22-48-34(21-49-37)39(47)56/h1,4,17-19,21-22,26-28,35H,2-3,5-16,23-24H2,(H2,47,56)/t27?,28?,35-,43-/m1/s1.